The van der Waals surface area contributed by atoms with E-state index in [1.54, 1.807) is 6.07 Å². The predicted molar refractivity (Wildman–Crippen MR) is 61.5 cm³/mol. The number of benzene rings is 1. The van der Waals surface area contributed by atoms with E-state index in [0.29, 0.717) is 11.3 Å². The molecule has 3 heteroatoms. The lowest BCUT2D eigenvalue weighted by atomic mass is 10.0. The molecule has 0 fully saturated rings. The van der Waals surface area contributed by atoms with E-state index in [4.69, 9.17) is 11.0 Å². The van der Waals surface area contributed by atoms with Crippen molar-refractivity contribution in [2.45, 2.75) is 19.4 Å². The van der Waals surface area contributed by atoms with Crippen molar-refractivity contribution in [2.75, 3.05) is 11.1 Å². The highest BCUT2D eigenvalue weighted by atomic mass is 15.0. The number of nitrogens with zero attached hydrogens (tertiary/aromatic N) is 1. The van der Waals surface area contributed by atoms with Gasteiger partial charge in [-0.15, -0.1) is 0 Å². The van der Waals surface area contributed by atoms with Crippen LogP contribution >= 0.6 is 0 Å². The van der Waals surface area contributed by atoms with Gasteiger partial charge in [-0.1, -0.05) is 12.2 Å². The summed E-state index contributed by atoms with van der Waals surface area (Å²) in [6.45, 7) is 5.91. The maximum absolute atomic E-state index is 9.03. The molecule has 1 aromatic rings. The van der Waals surface area contributed by atoms with Gasteiger partial charge < -0.3 is 11.1 Å². The Bertz CT molecular complexity index is 468. The first-order chi connectivity index (χ1) is 7.13. The maximum Gasteiger partial charge on any atom is 0.102 e. The third-order valence-electron chi connectivity index (χ3n) is 2.79. The molecule has 76 valence electrons. The van der Waals surface area contributed by atoms with Gasteiger partial charge in [-0.25, -0.2) is 0 Å². The van der Waals surface area contributed by atoms with Crippen LogP contribution < -0.4 is 11.1 Å². The second-order valence-corrected chi connectivity index (χ2v) is 3.92. The Morgan fingerprint density at radius 1 is 1.67 bits per heavy atom. The molecule has 1 atom stereocenters. The number of anilines is 2. The van der Waals surface area contributed by atoms with Crippen LogP contribution in [0.3, 0.4) is 0 Å². The zero-order valence-corrected chi connectivity index (χ0v) is 8.67. The van der Waals surface area contributed by atoms with E-state index in [0.717, 1.165) is 23.2 Å². The van der Waals surface area contributed by atoms with Crippen LogP contribution in [-0.2, 0) is 6.42 Å². The molecule has 0 saturated carbocycles. The lowest BCUT2D eigenvalue weighted by Gasteiger charge is -2.09. The van der Waals surface area contributed by atoms with Gasteiger partial charge in [-0.05, 0) is 31.0 Å². The molecule has 1 unspecified atom stereocenters. The number of nitrogen functional groups attached to an aromatic ring is 1. The topological polar surface area (TPSA) is 61.8 Å². The Hall–Kier alpha value is -1.95. The SMILES string of the molecule is C=C(C)C1Cc2c(ccc(N)c2C#N)N1. The lowest BCUT2D eigenvalue weighted by Crippen LogP contribution is -2.15. The van der Waals surface area contributed by atoms with Crippen molar-refractivity contribution in [3.05, 3.63) is 35.4 Å². The first kappa shape index (κ1) is 9.60. The zero-order chi connectivity index (χ0) is 11.0. The number of nitrogens with one attached hydrogen (secondary N) is 1. The molecule has 2 rings (SSSR count). The average Bonchev–Trinajstić information content (AvgIpc) is 2.61. The number of nitriles is 1. The van der Waals surface area contributed by atoms with Crippen molar-refractivity contribution in [1.29, 1.82) is 5.26 Å². The smallest absolute Gasteiger partial charge is 0.102 e. The van der Waals surface area contributed by atoms with Gasteiger partial charge in [0.1, 0.15) is 6.07 Å². The lowest BCUT2D eigenvalue weighted by molar-refractivity contribution is 0.867. The van der Waals surface area contributed by atoms with Gasteiger partial charge >= 0.3 is 0 Å². The Balaban J connectivity index is 2.47. The molecular formula is C12H13N3. The van der Waals surface area contributed by atoms with E-state index >= 15 is 0 Å². The van der Waals surface area contributed by atoms with Gasteiger partial charge in [-0.2, -0.15) is 5.26 Å². The molecule has 1 heterocycles. The van der Waals surface area contributed by atoms with Crippen LogP contribution in [0.4, 0.5) is 11.4 Å². The summed E-state index contributed by atoms with van der Waals surface area (Å²) in [6, 6.07) is 6.08. The second kappa shape index (κ2) is 3.32. The number of fused-ring (bicyclic) bond motifs is 1. The van der Waals surface area contributed by atoms with Crippen molar-refractivity contribution in [1.82, 2.24) is 0 Å². The van der Waals surface area contributed by atoms with Crippen molar-refractivity contribution in [3.63, 3.8) is 0 Å². The Morgan fingerprint density at radius 2 is 2.40 bits per heavy atom. The number of nitrogens with two attached hydrogens (primary N) is 1. The fraction of sp³-hybridized carbons (Fsp3) is 0.250. The zero-order valence-electron chi connectivity index (χ0n) is 8.67. The van der Waals surface area contributed by atoms with Crippen molar-refractivity contribution < 1.29 is 0 Å². The fourth-order valence-corrected chi connectivity index (χ4v) is 1.89. The molecule has 0 aliphatic carbocycles. The first-order valence-corrected chi connectivity index (χ1v) is 4.87. The Kier molecular flexibility index (Phi) is 2.12. The van der Waals surface area contributed by atoms with Crippen molar-refractivity contribution in [2.24, 2.45) is 0 Å². The van der Waals surface area contributed by atoms with Crippen LogP contribution in [0.2, 0.25) is 0 Å². The van der Waals surface area contributed by atoms with Gasteiger partial charge in [0.2, 0.25) is 0 Å². The van der Waals surface area contributed by atoms with Gasteiger partial charge in [-0.3, -0.25) is 0 Å². The summed E-state index contributed by atoms with van der Waals surface area (Å²) in [5.41, 5.74) is 10.0. The number of hydrogen-bond donors (Lipinski definition) is 2. The van der Waals surface area contributed by atoms with Crippen molar-refractivity contribution in [3.8, 4) is 6.07 Å². The summed E-state index contributed by atoms with van der Waals surface area (Å²) in [5.74, 6) is 0. The van der Waals surface area contributed by atoms with Crippen LogP contribution in [0.1, 0.15) is 18.1 Å². The van der Waals surface area contributed by atoms with Crippen LogP contribution in [0.25, 0.3) is 0 Å². The summed E-state index contributed by atoms with van der Waals surface area (Å²) in [4.78, 5) is 0. The summed E-state index contributed by atoms with van der Waals surface area (Å²) in [5, 5.41) is 12.4. The van der Waals surface area contributed by atoms with E-state index in [2.05, 4.69) is 18.0 Å². The minimum Gasteiger partial charge on any atom is -0.398 e. The largest absolute Gasteiger partial charge is 0.398 e. The highest BCUT2D eigenvalue weighted by Gasteiger charge is 2.24. The third kappa shape index (κ3) is 1.44. The van der Waals surface area contributed by atoms with Crippen LogP contribution in [-0.4, -0.2) is 6.04 Å². The molecule has 0 radical (unpaired) electrons. The predicted octanol–water partition coefficient (Wildman–Crippen LogP) is 2.05. The molecule has 3 nitrogen and oxygen atoms in total. The Labute approximate surface area is 89.2 Å². The van der Waals surface area contributed by atoms with Gasteiger partial charge in [0.05, 0.1) is 11.6 Å². The molecule has 0 bridgehead atoms. The molecule has 3 N–H and O–H groups in total. The van der Waals surface area contributed by atoms with E-state index in [1.807, 2.05) is 13.0 Å². The summed E-state index contributed by atoms with van der Waals surface area (Å²) >= 11 is 0. The first-order valence-electron chi connectivity index (χ1n) is 4.87. The standard InChI is InChI=1S/C12H13N3/c1-7(2)12-5-8-9(6-13)10(14)3-4-11(8)15-12/h3-4,12,15H,1,5,14H2,2H3. The van der Waals surface area contributed by atoms with E-state index < -0.39 is 0 Å². The highest BCUT2D eigenvalue weighted by Crippen LogP contribution is 2.33. The number of rotatable bonds is 1. The molecule has 1 aliphatic heterocycles. The highest BCUT2D eigenvalue weighted by molar-refractivity contribution is 5.71. The number of hydrogen-bond acceptors (Lipinski definition) is 3. The van der Waals surface area contributed by atoms with E-state index in [1.165, 1.54) is 0 Å². The molecule has 0 aromatic heterocycles. The van der Waals surface area contributed by atoms with Gasteiger partial charge in [0.25, 0.3) is 0 Å². The summed E-state index contributed by atoms with van der Waals surface area (Å²) in [7, 11) is 0. The fourth-order valence-electron chi connectivity index (χ4n) is 1.89. The average molecular weight is 199 g/mol. The molecule has 1 aromatic carbocycles. The molecule has 15 heavy (non-hydrogen) atoms. The van der Waals surface area contributed by atoms with Crippen LogP contribution in [0, 0.1) is 11.3 Å². The van der Waals surface area contributed by atoms with Crippen molar-refractivity contribution >= 4 is 11.4 Å². The monoisotopic (exact) mass is 199 g/mol. The Morgan fingerprint density at radius 3 is 3.00 bits per heavy atom. The molecule has 0 spiro atoms. The van der Waals surface area contributed by atoms with E-state index in [-0.39, 0.29) is 6.04 Å². The molecule has 0 amide bonds. The van der Waals surface area contributed by atoms with Crippen LogP contribution in [0.5, 0.6) is 0 Å². The summed E-state index contributed by atoms with van der Waals surface area (Å²) < 4.78 is 0. The normalized spacial score (nSPS) is 17.7. The minimum atomic E-state index is 0.230. The van der Waals surface area contributed by atoms with Gasteiger partial charge in [0.15, 0.2) is 0 Å². The van der Waals surface area contributed by atoms with Gasteiger partial charge in [0, 0.05) is 11.4 Å². The molecular weight excluding hydrogens is 186 g/mol. The molecule has 0 saturated heterocycles. The quantitative estimate of drug-likeness (QED) is 0.537. The third-order valence-corrected chi connectivity index (χ3v) is 2.79. The van der Waals surface area contributed by atoms with Crippen LogP contribution in [0.15, 0.2) is 24.3 Å². The second-order valence-electron chi connectivity index (χ2n) is 3.92. The molecule has 1 aliphatic rings. The maximum atomic E-state index is 9.03. The summed E-state index contributed by atoms with van der Waals surface area (Å²) in [6.07, 6.45) is 0.804. The minimum absolute atomic E-state index is 0.230. The van der Waals surface area contributed by atoms with E-state index in [9.17, 15) is 0 Å².